The molecule has 5 nitrogen and oxygen atoms in total. The molecular weight excluding hydrogens is 286 g/mol. The van der Waals surface area contributed by atoms with Gasteiger partial charge in [0.15, 0.2) is 5.13 Å². The normalized spacial score (nSPS) is 14.9. The van der Waals surface area contributed by atoms with Crippen molar-refractivity contribution in [2.75, 3.05) is 32.2 Å². The van der Waals surface area contributed by atoms with Crippen LogP contribution in [0.1, 0.15) is 37.3 Å². The third-order valence-electron chi connectivity index (χ3n) is 3.38. The molecular formula is C15H27N3O2S. The smallest absolute Gasteiger partial charge is 0.185 e. The zero-order chi connectivity index (χ0) is 15.2. The van der Waals surface area contributed by atoms with Gasteiger partial charge in [-0.1, -0.05) is 0 Å². The molecule has 0 saturated heterocycles. The van der Waals surface area contributed by atoms with Gasteiger partial charge in [-0.25, -0.2) is 4.98 Å². The van der Waals surface area contributed by atoms with Crippen LogP contribution in [-0.4, -0.2) is 44.4 Å². The fraction of sp³-hybridized carbons (Fsp3) is 0.800. The Kier molecular flexibility index (Phi) is 6.41. The van der Waals surface area contributed by atoms with Crippen molar-refractivity contribution >= 4 is 16.5 Å². The summed E-state index contributed by atoms with van der Waals surface area (Å²) in [6.07, 6.45) is 2.88. The number of rotatable bonds is 10. The van der Waals surface area contributed by atoms with Gasteiger partial charge in [0.25, 0.3) is 0 Å². The average molecular weight is 313 g/mol. The molecule has 120 valence electrons. The SMILES string of the molecule is COCc1nc(N(C)CCOC(C)C)sc1CNC1CC1. The highest BCUT2D eigenvalue weighted by atomic mass is 32.1. The maximum atomic E-state index is 5.60. The summed E-state index contributed by atoms with van der Waals surface area (Å²) in [6.45, 7) is 7.17. The third kappa shape index (κ3) is 5.54. The summed E-state index contributed by atoms with van der Waals surface area (Å²) in [5.41, 5.74) is 1.06. The monoisotopic (exact) mass is 313 g/mol. The summed E-state index contributed by atoms with van der Waals surface area (Å²) in [5, 5.41) is 4.60. The maximum Gasteiger partial charge on any atom is 0.185 e. The second-order valence-electron chi connectivity index (χ2n) is 5.80. The first-order valence-electron chi connectivity index (χ1n) is 7.63. The standard InChI is InChI=1S/C15H27N3O2S/c1-11(2)20-8-7-18(3)15-17-13(10-19-4)14(21-15)9-16-12-5-6-12/h11-12,16H,5-10H2,1-4H3. The minimum atomic E-state index is 0.275. The van der Waals surface area contributed by atoms with Gasteiger partial charge in [-0.15, -0.1) is 11.3 Å². The van der Waals surface area contributed by atoms with E-state index in [0.29, 0.717) is 12.6 Å². The Balaban J connectivity index is 1.92. The molecule has 0 radical (unpaired) electrons. The van der Waals surface area contributed by atoms with Crippen molar-refractivity contribution in [2.24, 2.45) is 0 Å². The lowest BCUT2D eigenvalue weighted by Crippen LogP contribution is -2.23. The highest BCUT2D eigenvalue weighted by Crippen LogP contribution is 2.27. The van der Waals surface area contributed by atoms with Gasteiger partial charge in [-0.2, -0.15) is 0 Å². The third-order valence-corrected chi connectivity index (χ3v) is 4.59. The lowest BCUT2D eigenvalue weighted by Gasteiger charge is -2.16. The molecule has 1 aromatic rings. The number of hydrogen-bond acceptors (Lipinski definition) is 6. The first-order chi connectivity index (χ1) is 10.1. The second kappa shape index (κ2) is 8.08. The van der Waals surface area contributed by atoms with Crippen molar-refractivity contribution in [2.45, 2.75) is 52.0 Å². The number of methoxy groups -OCH3 is 1. The number of anilines is 1. The van der Waals surface area contributed by atoms with Crippen molar-refractivity contribution in [3.8, 4) is 0 Å². The van der Waals surface area contributed by atoms with Crippen LogP contribution < -0.4 is 10.2 Å². The molecule has 1 aliphatic carbocycles. The van der Waals surface area contributed by atoms with E-state index in [1.54, 1.807) is 18.4 Å². The molecule has 21 heavy (non-hydrogen) atoms. The Morgan fingerprint density at radius 2 is 2.19 bits per heavy atom. The van der Waals surface area contributed by atoms with Crippen LogP contribution in [0.5, 0.6) is 0 Å². The van der Waals surface area contributed by atoms with Crippen LogP contribution in [0.2, 0.25) is 0 Å². The van der Waals surface area contributed by atoms with Crippen molar-refractivity contribution < 1.29 is 9.47 Å². The van der Waals surface area contributed by atoms with Gasteiger partial charge in [-0.05, 0) is 26.7 Å². The van der Waals surface area contributed by atoms with E-state index in [0.717, 1.165) is 30.5 Å². The molecule has 1 heterocycles. The van der Waals surface area contributed by atoms with Gasteiger partial charge in [0.2, 0.25) is 0 Å². The van der Waals surface area contributed by atoms with Crippen LogP contribution in [0, 0.1) is 0 Å². The van der Waals surface area contributed by atoms with Crippen LogP contribution in [0.25, 0.3) is 0 Å². The maximum absolute atomic E-state index is 5.60. The van der Waals surface area contributed by atoms with Crippen LogP contribution in [0.3, 0.4) is 0 Å². The Labute approximate surface area is 131 Å². The fourth-order valence-electron chi connectivity index (χ4n) is 1.97. The Bertz CT molecular complexity index is 433. The van der Waals surface area contributed by atoms with E-state index in [9.17, 15) is 0 Å². The summed E-state index contributed by atoms with van der Waals surface area (Å²) >= 11 is 1.75. The van der Waals surface area contributed by atoms with Crippen molar-refractivity contribution in [1.82, 2.24) is 10.3 Å². The van der Waals surface area contributed by atoms with Crippen molar-refractivity contribution in [1.29, 1.82) is 0 Å². The minimum absolute atomic E-state index is 0.275. The predicted octanol–water partition coefficient (Wildman–Crippen LogP) is 2.40. The first-order valence-corrected chi connectivity index (χ1v) is 8.45. The topological polar surface area (TPSA) is 46.6 Å². The highest BCUT2D eigenvalue weighted by Gasteiger charge is 2.22. The average Bonchev–Trinajstić information content (AvgIpc) is 3.17. The molecule has 0 aromatic carbocycles. The summed E-state index contributed by atoms with van der Waals surface area (Å²) in [6, 6.07) is 0.711. The summed E-state index contributed by atoms with van der Waals surface area (Å²) in [7, 11) is 3.79. The van der Waals surface area contributed by atoms with Crippen LogP contribution >= 0.6 is 11.3 Å². The summed E-state index contributed by atoms with van der Waals surface area (Å²) in [5.74, 6) is 0. The first kappa shape index (κ1) is 16.7. The van der Waals surface area contributed by atoms with Crippen LogP contribution in [0.15, 0.2) is 0 Å². The predicted molar refractivity (Wildman–Crippen MR) is 87.0 cm³/mol. The Hall–Kier alpha value is -0.690. The lowest BCUT2D eigenvalue weighted by atomic mass is 10.3. The molecule has 1 saturated carbocycles. The molecule has 1 aliphatic rings. The molecule has 0 amide bonds. The van der Waals surface area contributed by atoms with E-state index in [-0.39, 0.29) is 6.10 Å². The number of ether oxygens (including phenoxy) is 2. The number of likely N-dealkylation sites (N-methyl/N-ethyl adjacent to an activating group) is 1. The molecule has 6 heteroatoms. The van der Waals surface area contributed by atoms with E-state index < -0.39 is 0 Å². The van der Waals surface area contributed by atoms with Crippen molar-refractivity contribution in [3.63, 3.8) is 0 Å². The highest BCUT2D eigenvalue weighted by molar-refractivity contribution is 7.15. The number of thiazole rings is 1. The largest absolute Gasteiger partial charge is 0.378 e. The molecule has 0 unspecified atom stereocenters. The van der Waals surface area contributed by atoms with Gasteiger partial charge in [0.05, 0.1) is 25.0 Å². The summed E-state index contributed by atoms with van der Waals surface area (Å²) < 4.78 is 10.9. The van der Waals surface area contributed by atoms with E-state index >= 15 is 0 Å². The van der Waals surface area contributed by atoms with Gasteiger partial charge in [0, 0.05) is 38.2 Å². The molecule has 1 N–H and O–H groups in total. The fourth-order valence-corrected chi connectivity index (χ4v) is 2.97. The molecule has 1 fully saturated rings. The zero-order valence-electron chi connectivity index (χ0n) is 13.5. The second-order valence-corrected chi connectivity index (χ2v) is 6.86. The Morgan fingerprint density at radius 3 is 2.81 bits per heavy atom. The van der Waals surface area contributed by atoms with Crippen LogP contribution in [0.4, 0.5) is 5.13 Å². The molecule has 0 aliphatic heterocycles. The van der Waals surface area contributed by atoms with E-state index in [1.165, 1.54) is 17.7 Å². The lowest BCUT2D eigenvalue weighted by molar-refractivity contribution is 0.0846. The van der Waals surface area contributed by atoms with E-state index in [2.05, 4.69) is 31.1 Å². The van der Waals surface area contributed by atoms with Gasteiger partial charge >= 0.3 is 0 Å². The number of nitrogens with zero attached hydrogens (tertiary/aromatic N) is 2. The molecule has 0 bridgehead atoms. The zero-order valence-corrected chi connectivity index (χ0v) is 14.3. The van der Waals surface area contributed by atoms with Gasteiger partial charge < -0.3 is 19.7 Å². The summed E-state index contributed by atoms with van der Waals surface area (Å²) in [4.78, 5) is 8.17. The van der Waals surface area contributed by atoms with Crippen LogP contribution in [-0.2, 0) is 22.6 Å². The minimum Gasteiger partial charge on any atom is -0.378 e. The van der Waals surface area contributed by atoms with Gasteiger partial charge in [0.1, 0.15) is 0 Å². The molecule has 0 spiro atoms. The molecule has 0 atom stereocenters. The number of nitrogens with one attached hydrogen (secondary N) is 1. The quantitative estimate of drug-likeness (QED) is 0.719. The van der Waals surface area contributed by atoms with Gasteiger partial charge in [-0.3, -0.25) is 0 Å². The molecule has 1 aromatic heterocycles. The van der Waals surface area contributed by atoms with E-state index in [1.807, 2.05) is 0 Å². The number of aromatic nitrogens is 1. The molecule has 2 rings (SSSR count). The van der Waals surface area contributed by atoms with Crippen molar-refractivity contribution in [3.05, 3.63) is 10.6 Å². The number of hydrogen-bond donors (Lipinski definition) is 1. The Morgan fingerprint density at radius 1 is 1.43 bits per heavy atom. The van der Waals surface area contributed by atoms with E-state index in [4.69, 9.17) is 14.5 Å².